The van der Waals surface area contributed by atoms with Crippen LogP contribution >= 0.6 is 0 Å². The van der Waals surface area contributed by atoms with Crippen molar-refractivity contribution < 1.29 is 4.79 Å². The Bertz CT molecular complexity index is 704. The number of fused-ring (bicyclic) bond motifs is 1. The molecule has 5 heteroatoms. The number of nitrogens with zero attached hydrogens (tertiary/aromatic N) is 3. The van der Waals surface area contributed by atoms with E-state index in [1.54, 1.807) is 0 Å². The number of rotatable bonds is 3. The molecule has 1 fully saturated rings. The number of amides is 1. The van der Waals surface area contributed by atoms with Gasteiger partial charge in [0.15, 0.2) is 0 Å². The summed E-state index contributed by atoms with van der Waals surface area (Å²) in [5.74, 6) is 0.802. The molecule has 0 saturated carbocycles. The van der Waals surface area contributed by atoms with Gasteiger partial charge in [-0.05, 0) is 62.4 Å². The van der Waals surface area contributed by atoms with E-state index in [9.17, 15) is 4.79 Å². The molecule has 2 aliphatic rings. The Kier molecular flexibility index (Phi) is 4.10. The summed E-state index contributed by atoms with van der Waals surface area (Å²) in [5.41, 5.74) is 3.68. The van der Waals surface area contributed by atoms with Crippen molar-refractivity contribution in [3.8, 4) is 0 Å². The second kappa shape index (κ2) is 6.40. The number of anilines is 1. The summed E-state index contributed by atoms with van der Waals surface area (Å²) in [7, 11) is 0. The summed E-state index contributed by atoms with van der Waals surface area (Å²) in [6, 6.07) is 8.21. The summed E-state index contributed by atoms with van der Waals surface area (Å²) in [4.78, 5) is 17.3. The van der Waals surface area contributed by atoms with Crippen LogP contribution in [0.5, 0.6) is 0 Å². The highest BCUT2D eigenvalue weighted by atomic mass is 16.2. The normalized spacial score (nSPS) is 20.1. The predicted molar refractivity (Wildman–Crippen MR) is 94.1 cm³/mol. The summed E-state index contributed by atoms with van der Waals surface area (Å²) < 4.78 is 0. The quantitative estimate of drug-likeness (QED) is 0.944. The minimum absolute atomic E-state index is 0.0542. The number of para-hydroxylation sites is 1. The van der Waals surface area contributed by atoms with Gasteiger partial charge < -0.3 is 4.90 Å². The van der Waals surface area contributed by atoms with Crippen molar-refractivity contribution in [3.05, 3.63) is 47.8 Å². The first-order valence-electron chi connectivity index (χ1n) is 8.86. The molecule has 1 aromatic heterocycles. The van der Waals surface area contributed by atoms with E-state index in [-0.39, 0.29) is 11.9 Å². The first-order valence-corrected chi connectivity index (χ1v) is 8.86. The van der Waals surface area contributed by atoms with Crippen molar-refractivity contribution in [1.82, 2.24) is 15.1 Å². The smallest absolute Gasteiger partial charge is 0.244 e. The molecule has 2 aliphatic heterocycles. The standard InChI is InChI=1S/C19H24N4O/c1-14(19(24)23-11-8-16-4-2-3-5-18(16)23)22-9-6-15(7-10-22)17-12-20-21-13-17/h2-5,12-15H,6-11H2,1H3,(H,20,21). The maximum atomic E-state index is 13.0. The Labute approximate surface area is 142 Å². The molecule has 1 aromatic carbocycles. The van der Waals surface area contributed by atoms with E-state index in [0.29, 0.717) is 5.92 Å². The van der Waals surface area contributed by atoms with E-state index >= 15 is 0 Å². The molecule has 0 spiro atoms. The van der Waals surface area contributed by atoms with Gasteiger partial charge in [-0.25, -0.2) is 0 Å². The summed E-state index contributed by atoms with van der Waals surface area (Å²) >= 11 is 0. The highest BCUT2D eigenvalue weighted by Crippen LogP contribution is 2.31. The summed E-state index contributed by atoms with van der Waals surface area (Å²) in [5, 5.41) is 6.96. The van der Waals surface area contributed by atoms with Gasteiger partial charge in [-0.3, -0.25) is 14.8 Å². The van der Waals surface area contributed by atoms with Gasteiger partial charge in [-0.15, -0.1) is 0 Å². The number of hydrogen-bond acceptors (Lipinski definition) is 3. The first-order chi connectivity index (χ1) is 11.7. The van der Waals surface area contributed by atoms with Crippen molar-refractivity contribution in [2.45, 2.75) is 38.1 Å². The van der Waals surface area contributed by atoms with Crippen LogP contribution in [0.25, 0.3) is 0 Å². The van der Waals surface area contributed by atoms with Crippen LogP contribution in [0.1, 0.15) is 36.8 Å². The van der Waals surface area contributed by atoms with Crippen LogP contribution in [0.2, 0.25) is 0 Å². The largest absolute Gasteiger partial charge is 0.310 e. The third-order valence-electron chi connectivity index (χ3n) is 5.58. The molecule has 0 bridgehead atoms. The molecule has 4 rings (SSSR count). The average molecular weight is 324 g/mol. The summed E-state index contributed by atoms with van der Waals surface area (Å²) in [6.07, 6.45) is 7.07. The number of carbonyl (C=O) groups excluding carboxylic acids is 1. The van der Waals surface area contributed by atoms with E-state index < -0.39 is 0 Å². The van der Waals surface area contributed by atoms with Crippen molar-refractivity contribution in [3.63, 3.8) is 0 Å². The number of carbonyl (C=O) groups is 1. The minimum atomic E-state index is -0.0542. The van der Waals surface area contributed by atoms with Gasteiger partial charge in [-0.2, -0.15) is 5.10 Å². The molecule has 126 valence electrons. The molecule has 1 saturated heterocycles. The van der Waals surface area contributed by atoms with Gasteiger partial charge in [0.1, 0.15) is 0 Å². The zero-order chi connectivity index (χ0) is 16.5. The Morgan fingerprint density at radius 2 is 2.04 bits per heavy atom. The van der Waals surface area contributed by atoms with E-state index in [1.165, 1.54) is 11.1 Å². The number of benzene rings is 1. The molecule has 5 nitrogen and oxygen atoms in total. The molecule has 1 atom stereocenters. The van der Waals surface area contributed by atoms with Gasteiger partial charge in [0, 0.05) is 18.4 Å². The van der Waals surface area contributed by atoms with Gasteiger partial charge in [0.05, 0.1) is 12.2 Å². The van der Waals surface area contributed by atoms with Crippen LogP contribution in [0, 0.1) is 0 Å². The fourth-order valence-corrected chi connectivity index (χ4v) is 4.05. The number of likely N-dealkylation sites (tertiary alicyclic amines) is 1. The van der Waals surface area contributed by atoms with Crippen LogP contribution in [0.15, 0.2) is 36.7 Å². The molecule has 0 aliphatic carbocycles. The van der Waals surface area contributed by atoms with Gasteiger partial charge >= 0.3 is 0 Å². The number of aromatic amines is 1. The van der Waals surface area contributed by atoms with Gasteiger partial charge in [-0.1, -0.05) is 18.2 Å². The Morgan fingerprint density at radius 1 is 1.25 bits per heavy atom. The second-order valence-corrected chi connectivity index (χ2v) is 6.89. The fraction of sp³-hybridized carbons (Fsp3) is 0.474. The maximum Gasteiger partial charge on any atom is 0.244 e. The van der Waals surface area contributed by atoms with Crippen molar-refractivity contribution >= 4 is 11.6 Å². The molecule has 2 aromatic rings. The van der Waals surface area contributed by atoms with Gasteiger partial charge in [0.2, 0.25) is 5.91 Å². The highest BCUT2D eigenvalue weighted by Gasteiger charge is 2.32. The predicted octanol–water partition coefficient (Wildman–Crippen LogP) is 2.57. The zero-order valence-corrected chi connectivity index (χ0v) is 14.1. The molecule has 0 radical (unpaired) electrons. The number of piperidine rings is 1. The number of hydrogen-bond donors (Lipinski definition) is 1. The SMILES string of the molecule is CC(C(=O)N1CCc2ccccc21)N1CCC(c2cn[nH]c2)CC1. The highest BCUT2D eigenvalue weighted by molar-refractivity contribution is 5.98. The van der Waals surface area contributed by atoms with Crippen LogP contribution in [0.4, 0.5) is 5.69 Å². The lowest BCUT2D eigenvalue weighted by Crippen LogP contribution is -2.49. The monoisotopic (exact) mass is 324 g/mol. The Hall–Kier alpha value is -2.14. The average Bonchev–Trinajstić information content (AvgIpc) is 3.30. The molecule has 3 heterocycles. The third kappa shape index (κ3) is 2.73. The van der Waals surface area contributed by atoms with Crippen LogP contribution in [-0.4, -0.2) is 46.7 Å². The van der Waals surface area contributed by atoms with Gasteiger partial charge in [0.25, 0.3) is 0 Å². The summed E-state index contributed by atoms with van der Waals surface area (Å²) in [6.45, 7) is 4.81. The van der Waals surface area contributed by atoms with Crippen molar-refractivity contribution in [2.75, 3.05) is 24.5 Å². The van der Waals surface area contributed by atoms with Crippen LogP contribution in [0.3, 0.4) is 0 Å². The van der Waals surface area contributed by atoms with E-state index in [1.807, 2.05) is 23.4 Å². The Balaban J connectivity index is 1.40. The van der Waals surface area contributed by atoms with E-state index in [4.69, 9.17) is 0 Å². The molecule has 24 heavy (non-hydrogen) atoms. The molecule has 1 amide bonds. The van der Waals surface area contributed by atoms with E-state index in [2.05, 4.69) is 40.2 Å². The molecule has 1 N–H and O–H groups in total. The molecular weight excluding hydrogens is 300 g/mol. The lowest BCUT2D eigenvalue weighted by atomic mass is 9.91. The minimum Gasteiger partial charge on any atom is -0.310 e. The fourth-order valence-electron chi connectivity index (χ4n) is 4.05. The Morgan fingerprint density at radius 3 is 2.79 bits per heavy atom. The maximum absolute atomic E-state index is 13.0. The lowest BCUT2D eigenvalue weighted by Gasteiger charge is -2.36. The number of aromatic nitrogens is 2. The second-order valence-electron chi connectivity index (χ2n) is 6.89. The zero-order valence-electron chi connectivity index (χ0n) is 14.1. The number of H-pyrrole nitrogens is 1. The molecule has 1 unspecified atom stereocenters. The van der Waals surface area contributed by atoms with E-state index in [0.717, 1.165) is 44.6 Å². The van der Waals surface area contributed by atoms with Crippen LogP contribution in [-0.2, 0) is 11.2 Å². The van der Waals surface area contributed by atoms with Crippen molar-refractivity contribution in [1.29, 1.82) is 0 Å². The van der Waals surface area contributed by atoms with Crippen molar-refractivity contribution in [2.24, 2.45) is 0 Å². The lowest BCUT2D eigenvalue weighted by molar-refractivity contribution is -0.123. The van der Waals surface area contributed by atoms with Crippen LogP contribution < -0.4 is 4.90 Å². The first kappa shape index (κ1) is 15.4. The topological polar surface area (TPSA) is 52.2 Å². The third-order valence-corrected chi connectivity index (χ3v) is 5.58. The number of nitrogens with one attached hydrogen (secondary N) is 1. The molecular formula is C19H24N4O.